The first-order valence-electron chi connectivity index (χ1n) is 10.1. The molecule has 3 amide bonds. The molecule has 0 saturated carbocycles. The summed E-state index contributed by atoms with van der Waals surface area (Å²) < 4.78 is 5.12. The monoisotopic (exact) mass is 395 g/mol. The van der Waals surface area contributed by atoms with Gasteiger partial charge in [-0.15, -0.1) is 0 Å². The maximum atomic E-state index is 12.2. The predicted molar refractivity (Wildman–Crippen MR) is 110 cm³/mol. The highest BCUT2D eigenvalue weighted by molar-refractivity contribution is 5.87. The number of carbonyl (C=O) groups is 3. The normalized spacial score (nSPS) is 16.1. The van der Waals surface area contributed by atoms with E-state index in [1.54, 1.807) is 26.8 Å². The Balaban J connectivity index is 2.20. The molecule has 0 unspecified atom stereocenters. The molecule has 0 radical (unpaired) electrons. The van der Waals surface area contributed by atoms with Crippen LogP contribution in [-0.2, 0) is 14.3 Å². The first-order valence-corrected chi connectivity index (χ1v) is 10.1. The fraction of sp³-hybridized carbons (Fsp3) is 0.762. The second-order valence-electron chi connectivity index (χ2n) is 9.45. The van der Waals surface area contributed by atoms with Crippen molar-refractivity contribution < 1.29 is 19.1 Å². The number of hydrogen-bond acceptors (Lipinski definition) is 4. The zero-order valence-corrected chi connectivity index (χ0v) is 18.3. The minimum absolute atomic E-state index is 0.00337. The third-order valence-electron chi connectivity index (χ3n) is 4.26. The SMILES string of the molecule is CC(C)(C)/C=C/C(=O)N1CCC(CNC(=O)CCNC(=O)OC(C)(C)C)CC1. The Kier molecular flexibility index (Phi) is 8.98. The van der Waals surface area contributed by atoms with Crippen LogP contribution in [0.5, 0.6) is 0 Å². The van der Waals surface area contributed by atoms with E-state index in [-0.39, 0.29) is 30.2 Å². The molecule has 160 valence electrons. The number of rotatable bonds is 6. The van der Waals surface area contributed by atoms with Crippen LogP contribution in [-0.4, -0.2) is 54.6 Å². The van der Waals surface area contributed by atoms with E-state index in [2.05, 4.69) is 31.4 Å². The quantitative estimate of drug-likeness (QED) is 0.677. The summed E-state index contributed by atoms with van der Waals surface area (Å²) in [6.07, 6.45) is 5.07. The van der Waals surface area contributed by atoms with Crippen LogP contribution in [0.4, 0.5) is 4.79 Å². The van der Waals surface area contributed by atoms with Crippen molar-refractivity contribution in [1.82, 2.24) is 15.5 Å². The number of amides is 3. The lowest BCUT2D eigenvalue weighted by Crippen LogP contribution is -2.41. The summed E-state index contributed by atoms with van der Waals surface area (Å²) in [7, 11) is 0. The van der Waals surface area contributed by atoms with Gasteiger partial charge in [0.25, 0.3) is 0 Å². The predicted octanol–water partition coefficient (Wildman–Crippen LogP) is 2.86. The number of hydrogen-bond donors (Lipinski definition) is 2. The standard InChI is InChI=1S/C21H37N3O4/c1-20(2,3)11-7-18(26)24-13-9-16(10-14-24)15-23-17(25)8-12-22-19(27)28-21(4,5)6/h7,11,16H,8-10,12-15H2,1-6H3,(H,22,27)(H,23,25)/b11-7+. The minimum atomic E-state index is -0.550. The van der Waals surface area contributed by atoms with Gasteiger partial charge in [-0.05, 0) is 51.0 Å². The zero-order valence-electron chi connectivity index (χ0n) is 18.3. The smallest absolute Gasteiger partial charge is 0.407 e. The molecule has 0 aromatic rings. The average Bonchev–Trinajstić information content (AvgIpc) is 2.56. The molecule has 1 saturated heterocycles. The van der Waals surface area contributed by atoms with Crippen molar-refractivity contribution in [1.29, 1.82) is 0 Å². The van der Waals surface area contributed by atoms with E-state index in [0.717, 1.165) is 12.8 Å². The van der Waals surface area contributed by atoms with Crippen molar-refractivity contribution in [2.45, 2.75) is 66.4 Å². The van der Waals surface area contributed by atoms with Gasteiger partial charge in [-0.2, -0.15) is 0 Å². The van der Waals surface area contributed by atoms with Gasteiger partial charge in [0, 0.05) is 32.6 Å². The van der Waals surface area contributed by atoms with Crippen LogP contribution in [0.15, 0.2) is 12.2 Å². The molecule has 0 aromatic carbocycles. The van der Waals surface area contributed by atoms with Gasteiger partial charge in [-0.25, -0.2) is 4.79 Å². The lowest BCUT2D eigenvalue weighted by Gasteiger charge is -2.31. The Bertz CT molecular complexity index is 565. The van der Waals surface area contributed by atoms with Crippen LogP contribution in [0.3, 0.4) is 0 Å². The van der Waals surface area contributed by atoms with Crippen LogP contribution in [0, 0.1) is 11.3 Å². The molecule has 28 heavy (non-hydrogen) atoms. The van der Waals surface area contributed by atoms with Gasteiger partial charge in [-0.3, -0.25) is 9.59 Å². The summed E-state index contributed by atoms with van der Waals surface area (Å²) in [4.78, 5) is 37.5. The zero-order chi connectivity index (χ0) is 21.4. The van der Waals surface area contributed by atoms with Gasteiger partial charge in [0.2, 0.25) is 11.8 Å². The molecular weight excluding hydrogens is 358 g/mol. The molecule has 1 fully saturated rings. The third kappa shape index (κ3) is 10.9. The van der Waals surface area contributed by atoms with E-state index in [1.807, 2.05) is 11.0 Å². The van der Waals surface area contributed by atoms with E-state index in [1.165, 1.54) is 0 Å². The molecule has 0 aliphatic carbocycles. The minimum Gasteiger partial charge on any atom is -0.444 e. The number of nitrogens with one attached hydrogen (secondary N) is 2. The van der Waals surface area contributed by atoms with Crippen molar-refractivity contribution in [2.24, 2.45) is 11.3 Å². The number of ether oxygens (including phenoxy) is 1. The Morgan fingerprint density at radius 3 is 2.18 bits per heavy atom. The van der Waals surface area contributed by atoms with E-state index in [9.17, 15) is 14.4 Å². The topological polar surface area (TPSA) is 87.7 Å². The number of alkyl carbamates (subject to hydrolysis) is 1. The Morgan fingerprint density at radius 1 is 1.04 bits per heavy atom. The molecule has 0 spiro atoms. The second-order valence-corrected chi connectivity index (χ2v) is 9.45. The highest BCUT2D eigenvalue weighted by Gasteiger charge is 2.22. The molecule has 7 heteroatoms. The highest BCUT2D eigenvalue weighted by Crippen LogP contribution is 2.18. The largest absolute Gasteiger partial charge is 0.444 e. The lowest BCUT2D eigenvalue weighted by atomic mass is 9.95. The number of piperidine rings is 1. The summed E-state index contributed by atoms with van der Waals surface area (Å²) in [5, 5.41) is 5.49. The van der Waals surface area contributed by atoms with Gasteiger partial charge >= 0.3 is 6.09 Å². The van der Waals surface area contributed by atoms with Crippen LogP contribution >= 0.6 is 0 Å². The van der Waals surface area contributed by atoms with Crippen LogP contribution in [0.25, 0.3) is 0 Å². The number of likely N-dealkylation sites (tertiary alicyclic amines) is 1. The van der Waals surface area contributed by atoms with Gasteiger partial charge in [0.05, 0.1) is 0 Å². The number of carbonyl (C=O) groups excluding carboxylic acids is 3. The van der Waals surface area contributed by atoms with Crippen molar-refractivity contribution in [3.8, 4) is 0 Å². The molecule has 1 rings (SSSR count). The molecule has 0 atom stereocenters. The van der Waals surface area contributed by atoms with Gasteiger partial charge in [0.1, 0.15) is 5.60 Å². The Labute approximate surface area is 169 Å². The van der Waals surface area contributed by atoms with E-state index >= 15 is 0 Å². The first-order chi connectivity index (χ1) is 12.9. The van der Waals surface area contributed by atoms with E-state index in [0.29, 0.717) is 25.6 Å². The summed E-state index contributed by atoms with van der Waals surface area (Å²) in [5.41, 5.74) is -0.554. The molecule has 2 N–H and O–H groups in total. The van der Waals surface area contributed by atoms with Crippen LogP contribution in [0.1, 0.15) is 60.8 Å². The molecule has 1 heterocycles. The summed E-state index contributed by atoms with van der Waals surface area (Å²) in [5.74, 6) is 0.340. The molecule has 7 nitrogen and oxygen atoms in total. The fourth-order valence-electron chi connectivity index (χ4n) is 2.72. The Morgan fingerprint density at radius 2 is 1.64 bits per heavy atom. The summed E-state index contributed by atoms with van der Waals surface area (Å²) >= 11 is 0. The molecule has 1 aliphatic heterocycles. The van der Waals surface area contributed by atoms with E-state index in [4.69, 9.17) is 4.74 Å². The first kappa shape index (κ1) is 24.0. The highest BCUT2D eigenvalue weighted by atomic mass is 16.6. The van der Waals surface area contributed by atoms with Crippen molar-refractivity contribution >= 4 is 17.9 Å². The van der Waals surface area contributed by atoms with Gasteiger partial charge in [-0.1, -0.05) is 26.8 Å². The molecule has 1 aliphatic rings. The van der Waals surface area contributed by atoms with Crippen LogP contribution in [0.2, 0.25) is 0 Å². The van der Waals surface area contributed by atoms with Gasteiger partial charge < -0.3 is 20.3 Å². The molecule has 0 aromatic heterocycles. The summed E-state index contributed by atoms with van der Waals surface area (Å²) in [6, 6.07) is 0. The maximum Gasteiger partial charge on any atom is 0.407 e. The molecular formula is C21H37N3O4. The third-order valence-corrected chi connectivity index (χ3v) is 4.26. The summed E-state index contributed by atoms with van der Waals surface area (Å²) in [6.45, 7) is 13.8. The van der Waals surface area contributed by atoms with E-state index < -0.39 is 11.7 Å². The van der Waals surface area contributed by atoms with Crippen LogP contribution < -0.4 is 10.6 Å². The average molecular weight is 396 g/mol. The van der Waals surface area contributed by atoms with Crippen molar-refractivity contribution in [2.75, 3.05) is 26.2 Å². The maximum absolute atomic E-state index is 12.2. The molecule has 0 bridgehead atoms. The fourth-order valence-corrected chi connectivity index (χ4v) is 2.72. The van der Waals surface area contributed by atoms with Crippen molar-refractivity contribution in [3.63, 3.8) is 0 Å². The van der Waals surface area contributed by atoms with Crippen molar-refractivity contribution in [3.05, 3.63) is 12.2 Å². The van der Waals surface area contributed by atoms with Gasteiger partial charge in [0.15, 0.2) is 0 Å². The number of allylic oxidation sites excluding steroid dienone is 1. The number of nitrogens with zero attached hydrogens (tertiary/aromatic N) is 1. The Hall–Kier alpha value is -2.05. The lowest BCUT2D eigenvalue weighted by molar-refractivity contribution is -0.127. The second kappa shape index (κ2) is 10.5.